The van der Waals surface area contributed by atoms with Gasteiger partial charge in [0, 0.05) is 6.20 Å². The van der Waals surface area contributed by atoms with Crippen molar-refractivity contribution >= 4 is 27.6 Å². The molecule has 1 aromatic heterocycles. The highest BCUT2D eigenvalue weighted by molar-refractivity contribution is 7.99. The zero-order valence-electron chi connectivity index (χ0n) is 13.8. The minimum Gasteiger partial charge on any atom is -0.382 e. The summed E-state index contributed by atoms with van der Waals surface area (Å²) < 4.78 is 27.7. The van der Waals surface area contributed by atoms with Gasteiger partial charge >= 0.3 is 5.69 Å². The molecule has 24 heavy (non-hydrogen) atoms. The molecule has 2 heterocycles. The maximum Gasteiger partial charge on any atom is 0.350 e. The smallest absolute Gasteiger partial charge is 0.350 e. The Hall–Kier alpha value is -1.50. The summed E-state index contributed by atoms with van der Waals surface area (Å²) in [7, 11) is -3.36. The van der Waals surface area contributed by atoms with Crippen LogP contribution in [0.25, 0.3) is 0 Å². The molecule has 0 bridgehead atoms. The second kappa shape index (κ2) is 8.05. The van der Waals surface area contributed by atoms with Crippen molar-refractivity contribution in [3.05, 3.63) is 22.2 Å². The summed E-state index contributed by atoms with van der Waals surface area (Å²) in [4.78, 5) is 15.8. The van der Waals surface area contributed by atoms with Gasteiger partial charge in [-0.25, -0.2) is 17.9 Å². The number of nitrogens with one attached hydrogen (secondary N) is 1. The van der Waals surface area contributed by atoms with E-state index in [9.17, 15) is 13.2 Å². The summed E-state index contributed by atoms with van der Waals surface area (Å²) in [6.45, 7) is 3.45. The van der Waals surface area contributed by atoms with Crippen LogP contribution in [0, 0.1) is 11.8 Å². The topological polar surface area (TPSA) is 107 Å². The second-order valence-electron chi connectivity index (χ2n) is 5.58. The third kappa shape index (κ3) is 4.53. The van der Waals surface area contributed by atoms with Crippen LogP contribution >= 0.6 is 11.8 Å². The number of nitrogens with two attached hydrogens (primary N) is 1. The van der Waals surface area contributed by atoms with Crippen LogP contribution in [-0.4, -0.2) is 35.5 Å². The molecule has 2 atom stereocenters. The molecule has 0 amide bonds. The standard InChI is InChI=1S/C15H22N4O3S2/c1-3-11(2)24(21,22)17-8-4-6-12-10-19(13-7-5-9-23-13)15(20)18-14(12)16/h10-11,13,17H,3,5,7-9H2,1-2H3,(H2,16,18,20)/t11?,13-/m1/s1. The Bertz CT molecular complexity index is 802. The van der Waals surface area contributed by atoms with E-state index in [1.54, 1.807) is 29.4 Å². The summed E-state index contributed by atoms with van der Waals surface area (Å²) in [6.07, 6.45) is 4.12. The maximum atomic E-state index is 12.0. The van der Waals surface area contributed by atoms with E-state index in [1.807, 2.05) is 6.92 Å². The van der Waals surface area contributed by atoms with E-state index in [0.717, 1.165) is 18.6 Å². The van der Waals surface area contributed by atoms with Gasteiger partial charge in [0.05, 0.1) is 22.7 Å². The number of hydrogen-bond acceptors (Lipinski definition) is 6. The molecule has 1 aliphatic rings. The van der Waals surface area contributed by atoms with Crippen molar-refractivity contribution in [2.24, 2.45) is 0 Å². The molecule has 132 valence electrons. The fraction of sp³-hybridized carbons (Fsp3) is 0.600. The highest BCUT2D eigenvalue weighted by Gasteiger charge is 2.20. The van der Waals surface area contributed by atoms with Crippen molar-refractivity contribution in [1.82, 2.24) is 14.3 Å². The molecule has 0 spiro atoms. The van der Waals surface area contributed by atoms with Crippen molar-refractivity contribution in [3.63, 3.8) is 0 Å². The maximum absolute atomic E-state index is 12.0. The van der Waals surface area contributed by atoms with E-state index in [4.69, 9.17) is 5.73 Å². The molecule has 0 aliphatic carbocycles. The van der Waals surface area contributed by atoms with Gasteiger partial charge in [0.2, 0.25) is 10.0 Å². The first-order valence-electron chi connectivity index (χ1n) is 7.82. The van der Waals surface area contributed by atoms with Crippen LogP contribution in [0.15, 0.2) is 11.0 Å². The Labute approximate surface area is 146 Å². The van der Waals surface area contributed by atoms with Gasteiger partial charge in [0.25, 0.3) is 0 Å². The molecule has 0 aromatic carbocycles. The fourth-order valence-corrected chi connectivity index (χ4v) is 4.45. The lowest BCUT2D eigenvalue weighted by atomic mass is 10.3. The molecule has 1 aliphatic heterocycles. The Morgan fingerprint density at radius 3 is 2.96 bits per heavy atom. The van der Waals surface area contributed by atoms with Crippen LogP contribution in [0.2, 0.25) is 0 Å². The fourth-order valence-electron chi connectivity index (χ4n) is 2.20. The van der Waals surface area contributed by atoms with Crippen molar-refractivity contribution in [1.29, 1.82) is 0 Å². The van der Waals surface area contributed by atoms with Crippen molar-refractivity contribution in [2.45, 2.75) is 43.7 Å². The molecule has 1 saturated heterocycles. The van der Waals surface area contributed by atoms with Gasteiger partial charge in [-0.2, -0.15) is 4.98 Å². The SMILES string of the molecule is CCC(C)S(=O)(=O)NCC#Cc1cn([C@H]2CCCS2)c(=O)nc1N. The van der Waals surface area contributed by atoms with E-state index in [2.05, 4.69) is 21.5 Å². The lowest BCUT2D eigenvalue weighted by Crippen LogP contribution is -2.32. The molecule has 1 fully saturated rings. The minimum atomic E-state index is -3.36. The van der Waals surface area contributed by atoms with Gasteiger partial charge < -0.3 is 5.73 Å². The van der Waals surface area contributed by atoms with Gasteiger partial charge in [-0.05, 0) is 31.9 Å². The minimum absolute atomic E-state index is 0.0105. The molecule has 9 heteroatoms. The third-order valence-electron chi connectivity index (χ3n) is 3.89. The van der Waals surface area contributed by atoms with Crippen molar-refractivity contribution in [2.75, 3.05) is 18.0 Å². The number of anilines is 1. The molecule has 0 radical (unpaired) electrons. The monoisotopic (exact) mass is 370 g/mol. The van der Waals surface area contributed by atoms with Crippen LogP contribution in [-0.2, 0) is 10.0 Å². The predicted molar refractivity (Wildman–Crippen MR) is 97.2 cm³/mol. The lowest BCUT2D eigenvalue weighted by Gasteiger charge is -2.12. The summed E-state index contributed by atoms with van der Waals surface area (Å²) in [6, 6.07) is 0. The molecular formula is C15H22N4O3S2. The summed E-state index contributed by atoms with van der Waals surface area (Å²) in [5.74, 6) is 6.61. The van der Waals surface area contributed by atoms with E-state index >= 15 is 0 Å². The quantitative estimate of drug-likeness (QED) is 0.747. The van der Waals surface area contributed by atoms with Crippen LogP contribution < -0.4 is 16.1 Å². The first-order valence-corrected chi connectivity index (χ1v) is 10.4. The largest absolute Gasteiger partial charge is 0.382 e. The number of nitrogens with zero attached hydrogens (tertiary/aromatic N) is 2. The molecule has 0 saturated carbocycles. The molecule has 7 nitrogen and oxygen atoms in total. The van der Waals surface area contributed by atoms with E-state index in [1.165, 1.54) is 0 Å². The second-order valence-corrected chi connectivity index (χ2v) is 9.05. The van der Waals surface area contributed by atoms with E-state index < -0.39 is 15.3 Å². The van der Waals surface area contributed by atoms with Crippen LogP contribution in [0.4, 0.5) is 5.82 Å². The highest BCUT2D eigenvalue weighted by atomic mass is 32.2. The number of thioether (sulfide) groups is 1. The zero-order valence-corrected chi connectivity index (χ0v) is 15.4. The predicted octanol–water partition coefficient (Wildman–Crippen LogP) is 0.920. The first-order chi connectivity index (χ1) is 11.3. The Morgan fingerprint density at radius 2 is 2.33 bits per heavy atom. The molecule has 2 rings (SSSR count). The Balaban J connectivity index is 2.13. The number of hydrogen-bond donors (Lipinski definition) is 2. The van der Waals surface area contributed by atoms with Crippen molar-refractivity contribution < 1.29 is 8.42 Å². The normalized spacial score (nSPS) is 18.8. The number of sulfonamides is 1. The number of rotatable bonds is 5. The van der Waals surface area contributed by atoms with Crippen LogP contribution in [0.1, 0.15) is 44.0 Å². The average Bonchev–Trinajstić information content (AvgIpc) is 3.06. The number of aromatic nitrogens is 2. The molecule has 1 unspecified atom stereocenters. The Kier molecular flexibility index (Phi) is 6.32. The van der Waals surface area contributed by atoms with Gasteiger partial charge in [-0.1, -0.05) is 18.8 Å². The van der Waals surface area contributed by atoms with E-state index in [0.29, 0.717) is 12.0 Å². The van der Waals surface area contributed by atoms with Crippen LogP contribution in [0.5, 0.6) is 0 Å². The van der Waals surface area contributed by atoms with E-state index in [-0.39, 0.29) is 23.4 Å². The first kappa shape index (κ1) is 18.8. The average molecular weight is 371 g/mol. The summed E-state index contributed by atoms with van der Waals surface area (Å²) in [5.41, 5.74) is 5.81. The van der Waals surface area contributed by atoms with Gasteiger partial charge in [-0.15, -0.1) is 11.8 Å². The van der Waals surface area contributed by atoms with Crippen LogP contribution in [0.3, 0.4) is 0 Å². The van der Waals surface area contributed by atoms with Crippen molar-refractivity contribution in [3.8, 4) is 11.8 Å². The summed E-state index contributed by atoms with van der Waals surface area (Å²) >= 11 is 1.70. The Morgan fingerprint density at radius 1 is 1.58 bits per heavy atom. The zero-order chi connectivity index (χ0) is 17.7. The van der Waals surface area contributed by atoms with Gasteiger partial charge in [0.15, 0.2) is 0 Å². The molecular weight excluding hydrogens is 348 g/mol. The number of nitrogen functional groups attached to an aromatic ring is 1. The molecule has 1 aromatic rings. The lowest BCUT2D eigenvalue weighted by molar-refractivity contribution is 0.570. The highest BCUT2D eigenvalue weighted by Crippen LogP contribution is 2.34. The van der Waals surface area contributed by atoms with Gasteiger partial charge in [0.1, 0.15) is 5.82 Å². The van der Waals surface area contributed by atoms with Gasteiger partial charge in [-0.3, -0.25) is 4.57 Å². The summed E-state index contributed by atoms with van der Waals surface area (Å²) in [5, 5.41) is -0.401. The third-order valence-corrected chi connectivity index (χ3v) is 7.20. The molecule has 3 N–H and O–H groups in total.